The minimum absolute atomic E-state index is 0.302. The van der Waals surface area contributed by atoms with Crippen molar-refractivity contribution in [2.45, 2.75) is 6.92 Å². The van der Waals surface area contributed by atoms with Crippen LogP contribution in [0.2, 0.25) is 10.2 Å². The summed E-state index contributed by atoms with van der Waals surface area (Å²) in [6, 6.07) is 4.13. The van der Waals surface area contributed by atoms with Gasteiger partial charge < -0.3 is 0 Å². The molecule has 0 unspecified atom stereocenters. The van der Waals surface area contributed by atoms with E-state index in [0.29, 0.717) is 27.1 Å². The van der Waals surface area contributed by atoms with Gasteiger partial charge in [-0.1, -0.05) is 23.2 Å². The summed E-state index contributed by atoms with van der Waals surface area (Å²) in [5, 5.41) is 0.651. The van der Waals surface area contributed by atoms with Gasteiger partial charge in [0.2, 0.25) is 0 Å². The molecule has 0 saturated heterocycles. The fourth-order valence-electron chi connectivity index (χ4n) is 1.29. The monoisotopic (exact) mass is 256 g/mol. The van der Waals surface area contributed by atoms with Crippen LogP contribution in [-0.2, 0) is 0 Å². The van der Waals surface area contributed by atoms with E-state index in [1.54, 1.807) is 13.0 Å². The molecular formula is C11H7Cl2FN2. The molecule has 1 aromatic heterocycles. The predicted octanol–water partition coefficient (Wildman–Crippen LogP) is 3.90. The molecule has 0 atom stereocenters. The standard InChI is InChI=1S/C11H7Cl2FN2/c1-6-11(13)15-5-10(16-6)8-3-2-7(14)4-9(8)12/h2-5H,1H3. The Kier molecular flexibility index (Phi) is 3.08. The number of halogens is 3. The van der Waals surface area contributed by atoms with Crippen LogP contribution in [-0.4, -0.2) is 9.97 Å². The molecule has 5 heteroatoms. The Bertz CT molecular complexity index is 544. The van der Waals surface area contributed by atoms with E-state index in [2.05, 4.69) is 9.97 Å². The van der Waals surface area contributed by atoms with E-state index in [1.165, 1.54) is 18.3 Å². The molecule has 2 nitrogen and oxygen atoms in total. The highest BCUT2D eigenvalue weighted by atomic mass is 35.5. The number of aryl methyl sites for hydroxylation is 1. The Morgan fingerprint density at radius 1 is 1.25 bits per heavy atom. The predicted molar refractivity (Wildman–Crippen MR) is 62.2 cm³/mol. The lowest BCUT2D eigenvalue weighted by molar-refractivity contribution is 0.628. The zero-order valence-corrected chi connectivity index (χ0v) is 9.85. The molecule has 0 aliphatic rings. The lowest BCUT2D eigenvalue weighted by Crippen LogP contribution is -1.92. The second-order valence-electron chi connectivity index (χ2n) is 3.26. The fourth-order valence-corrected chi connectivity index (χ4v) is 1.65. The maximum Gasteiger partial charge on any atom is 0.150 e. The average Bonchev–Trinajstić information content (AvgIpc) is 2.22. The largest absolute Gasteiger partial charge is 0.248 e. The first kappa shape index (κ1) is 11.3. The molecule has 16 heavy (non-hydrogen) atoms. The number of nitrogens with zero attached hydrogens (tertiary/aromatic N) is 2. The molecule has 2 rings (SSSR count). The van der Waals surface area contributed by atoms with Crippen LogP contribution in [0.4, 0.5) is 4.39 Å². The van der Waals surface area contributed by atoms with Crippen molar-refractivity contribution in [3.05, 3.63) is 46.1 Å². The zero-order valence-electron chi connectivity index (χ0n) is 8.34. The number of benzene rings is 1. The minimum atomic E-state index is -0.382. The lowest BCUT2D eigenvalue weighted by atomic mass is 10.1. The molecule has 0 amide bonds. The van der Waals surface area contributed by atoms with Gasteiger partial charge in [-0.15, -0.1) is 0 Å². The first-order valence-corrected chi connectivity index (χ1v) is 5.28. The van der Waals surface area contributed by atoms with E-state index in [0.717, 1.165) is 0 Å². The summed E-state index contributed by atoms with van der Waals surface area (Å²) in [7, 11) is 0. The van der Waals surface area contributed by atoms with Crippen molar-refractivity contribution in [3.8, 4) is 11.3 Å². The second-order valence-corrected chi connectivity index (χ2v) is 4.02. The Morgan fingerprint density at radius 3 is 2.62 bits per heavy atom. The third kappa shape index (κ3) is 2.15. The van der Waals surface area contributed by atoms with Crippen LogP contribution >= 0.6 is 23.2 Å². The quantitative estimate of drug-likeness (QED) is 0.774. The van der Waals surface area contributed by atoms with Gasteiger partial charge in [0.15, 0.2) is 0 Å². The van der Waals surface area contributed by atoms with Crippen LogP contribution in [0.5, 0.6) is 0 Å². The number of aromatic nitrogens is 2. The average molecular weight is 257 g/mol. The topological polar surface area (TPSA) is 25.8 Å². The molecular weight excluding hydrogens is 250 g/mol. The molecule has 82 valence electrons. The molecule has 0 N–H and O–H groups in total. The summed E-state index contributed by atoms with van der Waals surface area (Å²) >= 11 is 11.7. The molecule has 0 radical (unpaired) electrons. The van der Waals surface area contributed by atoms with Crippen LogP contribution in [0.1, 0.15) is 5.69 Å². The van der Waals surface area contributed by atoms with Crippen molar-refractivity contribution in [2.24, 2.45) is 0 Å². The molecule has 2 aromatic rings. The maximum atomic E-state index is 12.9. The number of hydrogen-bond acceptors (Lipinski definition) is 2. The van der Waals surface area contributed by atoms with E-state index >= 15 is 0 Å². The van der Waals surface area contributed by atoms with Crippen LogP contribution in [0.25, 0.3) is 11.3 Å². The molecule has 0 aliphatic heterocycles. The van der Waals surface area contributed by atoms with Gasteiger partial charge in [-0.2, -0.15) is 0 Å². The summed E-state index contributed by atoms with van der Waals surface area (Å²) < 4.78 is 12.9. The maximum absolute atomic E-state index is 12.9. The van der Waals surface area contributed by atoms with Crippen molar-refractivity contribution in [2.75, 3.05) is 0 Å². The van der Waals surface area contributed by atoms with Crippen LogP contribution in [0.3, 0.4) is 0 Å². The second kappa shape index (κ2) is 4.36. The van der Waals surface area contributed by atoms with Gasteiger partial charge in [0.25, 0.3) is 0 Å². The van der Waals surface area contributed by atoms with Crippen molar-refractivity contribution >= 4 is 23.2 Å². The zero-order chi connectivity index (χ0) is 11.7. The Labute approximate surface area is 102 Å². The highest BCUT2D eigenvalue weighted by Gasteiger charge is 2.08. The van der Waals surface area contributed by atoms with E-state index in [1.807, 2.05) is 0 Å². The van der Waals surface area contributed by atoms with E-state index in [4.69, 9.17) is 23.2 Å². The Balaban J connectivity index is 2.54. The summed E-state index contributed by atoms with van der Waals surface area (Å²) in [6.45, 7) is 1.75. The van der Waals surface area contributed by atoms with Gasteiger partial charge in [-0.05, 0) is 25.1 Å². The number of hydrogen-bond donors (Lipinski definition) is 0. The van der Waals surface area contributed by atoms with Crippen molar-refractivity contribution in [3.63, 3.8) is 0 Å². The van der Waals surface area contributed by atoms with Crippen LogP contribution in [0.15, 0.2) is 24.4 Å². The first-order chi connectivity index (χ1) is 7.58. The van der Waals surface area contributed by atoms with E-state index < -0.39 is 0 Å². The van der Waals surface area contributed by atoms with Gasteiger partial charge in [0.05, 0.1) is 22.6 Å². The van der Waals surface area contributed by atoms with Gasteiger partial charge >= 0.3 is 0 Å². The highest BCUT2D eigenvalue weighted by Crippen LogP contribution is 2.27. The highest BCUT2D eigenvalue weighted by molar-refractivity contribution is 6.33. The van der Waals surface area contributed by atoms with Gasteiger partial charge in [-0.25, -0.2) is 14.4 Å². The third-order valence-corrected chi connectivity index (χ3v) is 2.78. The molecule has 0 saturated carbocycles. The number of rotatable bonds is 1. The molecule has 0 fully saturated rings. The SMILES string of the molecule is Cc1nc(-c2ccc(F)cc2Cl)cnc1Cl. The van der Waals surface area contributed by atoms with Gasteiger partial charge in [-0.3, -0.25) is 0 Å². The molecule has 0 bridgehead atoms. The molecule has 0 aliphatic carbocycles. The third-order valence-electron chi connectivity index (χ3n) is 2.09. The van der Waals surface area contributed by atoms with Crippen molar-refractivity contribution in [1.29, 1.82) is 0 Å². The Morgan fingerprint density at radius 2 is 2.00 bits per heavy atom. The molecule has 1 heterocycles. The first-order valence-electron chi connectivity index (χ1n) is 4.52. The summed E-state index contributed by atoms with van der Waals surface area (Å²) in [4.78, 5) is 8.20. The van der Waals surface area contributed by atoms with Gasteiger partial charge in [0, 0.05) is 5.56 Å². The van der Waals surface area contributed by atoms with Gasteiger partial charge in [0.1, 0.15) is 11.0 Å². The van der Waals surface area contributed by atoms with Crippen molar-refractivity contribution in [1.82, 2.24) is 9.97 Å². The van der Waals surface area contributed by atoms with Crippen molar-refractivity contribution < 1.29 is 4.39 Å². The van der Waals surface area contributed by atoms with E-state index in [-0.39, 0.29) is 5.82 Å². The minimum Gasteiger partial charge on any atom is -0.248 e. The molecule has 1 aromatic carbocycles. The summed E-state index contributed by atoms with van der Waals surface area (Å²) in [6.07, 6.45) is 1.51. The summed E-state index contributed by atoms with van der Waals surface area (Å²) in [5.41, 5.74) is 1.82. The normalized spacial score (nSPS) is 10.5. The smallest absolute Gasteiger partial charge is 0.150 e. The Hall–Kier alpha value is -1.19. The lowest BCUT2D eigenvalue weighted by Gasteiger charge is -2.04. The van der Waals surface area contributed by atoms with E-state index in [9.17, 15) is 4.39 Å². The van der Waals surface area contributed by atoms with Crippen LogP contribution < -0.4 is 0 Å². The summed E-state index contributed by atoms with van der Waals surface area (Å²) in [5.74, 6) is -0.382. The fraction of sp³-hybridized carbons (Fsp3) is 0.0909. The van der Waals surface area contributed by atoms with Crippen LogP contribution in [0, 0.1) is 12.7 Å². The molecule has 0 spiro atoms.